The van der Waals surface area contributed by atoms with E-state index in [9.17, 15) is 22.0 Å². The average Bonchev–Trinajstić information content (AvgIpc) is 2.27. The molecule has 0 amide bonds. The molecule has 1 heterocycles. The predicted octanol–water partition coefficient (Wildman–Crippen LogP) is 3.84. The topological polar surface area (TPSA) is 36.7 Å². The molecular weight excluding hydrogens is 279 g/mol. The van der Waals surface area contributed by atoms with Gasteiger partial charge in [-0.3, -0.25) is 4.98 Å². The van der Waals surface area contributed by atoms with Crippen molar-refractivity contribution >= 4 is 11.6 Å². The van der Waals surface area contributed by atoms with Gasteiger partial charge in [-0.1, -0.05) is 0 Å². The van der Waals surface area contributed by atoms with Gasteiger partial charge in [0.25, 0.3) is 6.43 Å². The van der Waals surface area contributed by atoms with E-state index < -0.39 is 35.7 Å². The minimum absolute atomic E-state index is 0.213. The SMILES string of the molecule is N#CCc1c(CCl)ncc(C(F)F)c1C(F)(F)F. The van der Waals surface area contributed by atoms with Crippen molar-refractivity contribution in [3.05, 3.63) is 28.6 Å². The van der Waals surface area contributed by atoms with Gasteiger partial charge < -0.3 is 0 Å². The maximum absolute atomic E-state index is 12.8. The smallest absolute Gasteiger partial charge is 0.259 e. The van der Waals surface area contributed by atoms with E-state index in [-0.39, 0.29) is 11.6 Å². The van der Waals surface area contributed by atoms with Crippen LogP contribution in [-0.2, 0) is 18.5 Å². The quantitative estimate of drug-likeness (QED) is 0.624. The Balaban J connectivity index is 3.61. The van der Waals surface area contributed by atoms with E-state index >= 15 is 0 Å². The Hall–Kier alpha value is -1.42. The molecule has 0 aliphatic rings. The molecule has 0 bridgehead atoms. The van der Waals surface area contributed by atoms with Gasteiger partial charge in [-0.2, -0.15) is 18.4 Å². The number of nitrogens with zero attached hydrogens (tertiary/aromatic N) is 2. The zero-order chi connectivity index (χ0) is 13.9. The van der Waals surface area contributed by atoms with Crippen LogP contribution < -0.4 is 0 Å². The summed E-state index contributed by atoms with van der Waals surface area (Å²) in [6, 6.07) is 1.49. The van der Waals surface area contributed by atoms with E-state index in [0.29, 0.717) is 6.20 Å². The molecule has 0 fully saturated rings. The van der Waals surface area contributed by atoms with Gasteiger partial charge in [0.2, 0.25) is 0 Å². The van der Waals surface area contributed by atoms with Crippen molar-refractivity contribution in [3.63, 3.8) is 0 Å². The highest BCUT2D eigenvalue weighted by molar-refractivity contribution is 6.17. The lowest BCUT2D eigenvalue weighted by molar-refractivity contribution is -0.140. The van der Waals surface area contributed by atoms with Crippen molar-refractivity contribution < 1.29 is 22.0 Å². The summed E-state index contributed by atoms with van der Waals surface area (Å²) in [4.78, 5) is 3.45. The van der Waals surface area contributed by atoms with Crippen LogP contribution in [0.4, 0.5) is 22.0 Å². The summed E-state index contributed by atoms with van der Waals surface area (Å²) in [5, 5.41) is 8.48. The van der Waals surface area contributed by atoms with E-state index in [1.807, 2.05) is 0 Å². The fourth-order valence-corrected chi connectivity index (χ4v) is 1.72. The first-order valence-corrected chi connectivity index (χ1v) is 5.15. The standard InChI is InChI=1S/C10H6ClF5N2/c11-3-7-5(1-2-17)8(10(14,15)16)6(4-18-7)9(12)13/h4,9H,1,3H2. The number of pyridine rings is 1. The van der Waals surface area contributed by atoms with E-state index in [1.165, 1.54) is 6.07 Å². The zero-order valence-electron chi connectivity index (χ0n) is 8.73. The van der Waals surface area contributed by atoms with Crippen LogP contribution >= 0.6 is 11.6 Å². The van der Waals surface area contributed by atoms with Gasteiger partial charge in [0, 0.05) is 17.3 Å². The van der Waals surface area contributed by atoms with Crippen molar-refractivity contribution in [2.75, 3.05) is 0 Å². The van der Waals surface area contributed by atoms with Crippen LogP contribution in [0.3, 0.4) is 0 Å². The summed E-state index contributed by atoms with van der Waals surface area (Å²) >= 11 is 5.40. The van der Waals surface area contributed by atoms with E-state index in [4.69, 9.17) is 16.9 Å². The lowest BCUT2D eigenvalue weighted by atomic mass is 9.99. The Bertz CT molecular complexity index is 478. The summed E-state index contributed by atoms with van der Waals surface area (Å²) in [5.41, 5.74) is -3.54. The summed E-state index contributed by atoms with van der Waals surface area (Å²) in [5.74, 6) is -0.385. The molecule has 18 heavy (non-hydrogen) atoms. The third-order valence-electron chi connectivity index (χ3n) is 2.20. The first-order valence-electron chi connectivity index (χ1n) is 4.61. The monoisotopic (exact) mass is 284 g/mol. The van der Waals surface area contributed by atoms with Crippen LogP contribution in [0.15, 0.2) is 6.20 Å². The lowest BCUT2D eigenvalue weighted by Gasteiger charge is -2.17. The highest BCUT2D eigenvalue weighted by Crippen LogP contribution is 2.39. The van der Waals surface area contributed by atoms with Crippen molar-refractivity contribution in [3.8, 4) is 6.07 Å². The second kappa shape index (κ2) is 5.48. The van der Waals surface area contributed by atoms with Crippen LogP contribution in [0.5, 0.6) is 0 Å². The van der Waals surface area contributed by atoms with E-state index in [2.05, 4.69) is 4.98 Å². The molecule has 0 saturated carbocycles. The van der Waals surface area contributed by atoms with Gasteiger partial charge in [0.1, 0.15) is 0 Å². The molecule has 1 rings (SSSR count). The second-order valence-electron chi connectivity index (χ2n) is 3.28. The number of aromatic nitrogens is 1. The minimum atomic E-state index is -4.98. The first-order chi connectivity index (χ1) is 8.32. The normalized spacial score (nSPS) is 11.7. The molecule has 98 valence electrons. The lowest BCUT2D eigenvalue weighted by Crippen LogP contribution is -2.16. The summed E-state index contributed by atoms with van der Waals surface area (Å²) in [7, 11) is 0. The molecule has 0 unspecified atom stereocenters. The number of rotatable bonds is 3. The van der Waals surface area contributed by atoms with Gasteiger partial charge in [-0.15, -0.1) is 11.6 Å². The highest BCUT2D eigenvalue weighted by Gasteiger charge is 2.39. The Labute approximate surface area is 104 Å². The van der Waals surface area contributed by atoms with Crippen LogP contribution in [-0.4, -0.2) is 4.98 Å². The third kappa shape index (κ3) is 2.88. The predicted molar refractivity (Wildman–Crippen MR) is 53.1 cm³/mol. The number of hydrogen-bond donors (Lipinski definition) is 0. The third-order valence-corrected chi connectivity index (χ3v) is 2.45. The molecule has 0 saturated heterocycles. The van der Waals surface area contributed by atoms with Crippen LogP contribution in [0.25, 0.3) is 0 Å². The Morgan fingerprint density at radius 1 is 1.39 bits per heavy atom. The first kappa shape index (κ1) is 14.6. The molecule has 0 atom stereocenters. The molecule has 1 aromatic rings. The maximum atomic E-state index is 12.8. The van der Waals surface area contributed by atoms with Crippen molar-refractivity contribution in [1.82, 2.24) is 4.98 Å². The van der Waals surface area contributed by atoms with Crippen LogP contribution in [0.1, 0.15) is 28.8 Å². The average molecular weight is 285 g/mol. The molecule has 0 radical (unpaired) electrons. The molecule has 1 aromatic heterocycles. The Morgan fingerprint density at radius 3 is 2.39 bits per heavy atom. The number of nitriles is 1. The van der Waals surface area contributed by atoms with Crippen molar-refractivity contribution in [2.24, 2.45) is 0 Å². The van der Waals surface area contributed by atoms with Gasteiger partial charge in [-0.05, 0) is 0 Å². The van der Waals surface area contributed by atoms with Gasteiger partial charge in [0.05, 0.1) is 29.6 Å². The number of halogens is 6. The Morgan fingerprint density at radius 2 is 2.00 bits per heavy atom. The van der Waals surface area contributed by atoms with Gasteiger partial charge in [-0.25, -0.2) is 8.78 Å². The fourth-order valence-electron chi connectivity index (χ4n) is 1.49. The van der Waals surface area contributed by atoms with E-state index in [1.54, 1.807) is 0 Å². The maximum Gasteiger partial charge on any atom is 0.417 e. The van der Waals surface area contributed by atoms with Gasteiger partial charge in [0.15, 0.2) is 0 Å². The van der Waals surface area contributed by atoms with Crippen LogP contribution in [0.2, 0.25) is 0 Å². The fraction of sp³-hybridized carbons (Fsp3) is 0.400. The molecule has 2 nitrogen and oxygen atoms in total. The largest absolute Gasteiger partial charge is 0.417 e. The van der Waals surface area contributed by atoms with E-state index in [0.717, 1.165) is 0 Å². The summed E-state index contributed by atoms with van der Waals surface area (Å²) in [6.07, 6.45) is -8.53. The Kier molecular flexibility index (Phi) is 4.46. The highest BCUT2D eigenvalue weighted by atomic mass is 35.5. The summed E-state index contributed by atoms with van der Waals surface area (Å²) < 4.78 is 63.5. The van der Waals surface area contributed by atoms with Crippen molar-refractivity contribution in [1.29, 1.82) is 5.26 Å². The zero-order valence-corrected chi connectivity index (χ0v) is 9.49. The molecule has 8 heteroatoms. The molecule has 0 aliphatic heterocycles. The molecule has 0 N–H and O–H groups in total. The molecular formula is C10H6ClF5N2. The van der Waals surface area contributed by atoms with Crippen molar-refractivity contribution in [2.45, 2.75) is 24.9 Å². The molecule has 0 aliphatic carbocycles. The van der Waals surface area contributed by atoms with Gasteiger partial charge >= 0.3 is 6.18 Å². The van der Waals surface area contributed by atoms with Crippen LogP contribution in [0, 0.1) is 11.3 Å². The summed E-state index contributed by atoms with van der Waals surface area (Å²) in [6.45, 7) is 0. The second-order valence-corrected chi connectivity index (χ2v) is 3.55. The minimum Gasteiger partial charge on any atom is -0.259 e. The molecule has 0 spiro atoms. The number of alkyl halides is 6. The molecule has 0 aromatic carbocycles. The number of hydrogen-bond acceptors (Lipinski definition) is 2.